The first-order valence-corrected chi connectivity index (χ1v) is 5.21. The van der Waals surface area contributed by atoms with E-state index in [1.807, 2.05) is 37.7 Å². The molecule has 1 aromatic rings. The Morgan fingerprint density at radius 1 is 1.62 bits per heavy atom. The third kappa shape index (κ3) is 2.72. The number of amides is 1. The maximum absolute atomic E-state index is 11.6. The fourth-order valence-electron chi connectivity index (χ4n) is 1.09. The van der Waals surface area contributed by atoms with Crippen molar-refractivity contribution < 1.29 is 4.79 Å². The van der Waals surface area contributed by atoms with Gasteiger partial charge in [-0.2, -0.15) is 0 Å². The van der Waals surface area contributed by atoms with E-state index in [0.717, 1.165) is 3.57 Å². The van der Waals surface area contributed by atoms with E-state index in [-0.39, 0.29) is 11.9 Å². The summed E-state index contributed by atoms with van der Waals surface area (Å²) in [7, 11) is 1.87. The van der Waals surface area contributed by atoms with Gasteiger partial charge in [0.15, 0.2) is 0 Å². The first-order valence-electron chi connectivity index (χ1n) is 4.13. The highest BCUT2D eigenvalue weighted by Gasteiger charge is 2.10. The van der Waals surface area contributed by atoms with Gasteiger partial charge in [0.25, 0.3) is 5.91 Å². The summed E-state index contributed by atoms with van der Waals surface area (Å²) in [6.07, 6.45) is 1.93. The Bertz CT molecular complexity index is 317. The molecule has 0 atom stereocenters. The number of carbonyl (C=O) groups is 1. The molecule has 1 N–H and O–H groups in total. The monoisotopic (exact) mass is 292 g/mol. The zero-order chi connectivity index (χ0) is 10.0. The Kier molecular flexibility index (Phi) is 3.35. The van der Waals surface area contributed by atoms with Crippen LogP contribution in [0.1, 0.15) is 24.3 Å². The van der Waals surface area contributed by atoms with Crippen molar-refractivity contribution in [1.82, 2.24) is 9.88 Å². The zero-order valence-electron chi connectivity index (χ0n) is 7.97. The molecule has 3 nitrogen and oxygen atoms in total. The quantitative estimate of drug-likeness (QED) is 0.828. The standard InChI is InChI=1S/C9H13IN2O/c1-6(2)11-9(13)8-4-7(10)5-12(8)3/h4-6H,1-3H3,(H,11,13). The summed E-state index contributed by atoms with van der Waals surface area (Å²) in [5.74, 6) is -0.0135. The highest BCUT2D eigenvalue weighted by Crippen LogP contribution is 2.09. The van der Waals surface area contributed by atoms with Crippen LogP contribution in [-0.4, -0.2) is 16.5 Å². The van der Waals surface area contributed by atoms with Gasteiger partial charge in [-0.25, -0.2) is 0 Å². The van der Waals surface area contributed by atoms with Crippen LogP contribution in [0, 0.1) is 3.57 Å². The molecule has 0 aliphatic rings. The minimum Gasteiger partial charge on any atom is -0.349 e. The Morgan fingerprint density at radius 3 is 2.62 bits per heavy atom. The van der Waals surface area contributed by atoms with Crippen molar-refractivity contribution in [3.05, 3.63) is 21.5 Å². The van der Waals surface area contributed by atoms with Crippen LogP contribution in [0.2, 0.25) is 0 Å². The molecule has 1 aromatic heterocycles. The van der Waals surface area contributed by atoms with Gasteiger partial charge in [0.2, 0.25) is 0 Å². The molecule has 1 heterocycles. The highest BCUT2D eigenvalue weighted by atomic mass is 127. The van der Waals surface area contributed by atoms with Crippen LogP contribution in [0.4, 0.5) is 0 Å². The molecule has 0 aliphatic heterocycles. The van der Waals surface area contributed by atoms with E-state index in [1.165, 1.54) is 0 Å². The second-order valence-electron chi connectivity index (χ2n) is 3.28. The van der Waals surface area contributed by atoms with Crippen molar-refractivity contribution >= 4 is 28.5 Å². The molecule has 13 heavy (non-hydrogen) atoms. The fourth-order valence-corrected chi connectivity index (χ4v) is 1.80. The van der Waals surface area contributed by atoms with Crippen LogP contribution in [0.25, 0.3) is 0 Å². The average Bonchev–Trinajstić information content (AvgIpc) is 2.28. The van der Waals surface area contributed by atoms with Gasteiger partial charge in [-0.15, -0.1) is 0 Å². The predicted octanol–water partition coefficient (Wildman–Crippen LogP) is 1.77. The molecule has 4 heteroatoms. The number of nitrogens with one attached hydrogen (secondary N) is 1. The smallest absolute Gasteiger partial charge is 0.268 e. The Hall–Kier alpha value is -0.520. The maximum atomic E-state index is 11.6. The SMILES string of the molecule is CC(C)NC(=O)c1cc(I)cn1C. The molecule has 0 aromatic carbocycles. The third-order valence-corrected chi connectivity index (χ3v) is 2.21. The number of carbonyl (C=O) groups excluding carboxylic acids is 1. The van der Waals surface area contributed by atoms with E-state index in [0.29, 0.717) is 5.69 Å². The van der Waals surface area contributed by atoms with Gasteiger partial charge >= 0.3 is 0 Å². The minimum atomic E-state index is -0.0135. The number of rotatable bonds is 2. The number of nitrogens with zero attached hydrogens (tertiary/aromatic N) is 1. The predicted molar refractivity (Wildman–Crippen MR) is 60.7 cm³/mol. The van der Waals surface area contributed by atoms with Crippen molar-refractivity contribution in [2.24, 2.45) is 7.05 Å². The second-order valence-corrected chi connectivity index (χ2v) is 4.53. The topological polar surface area (TPSA) is 34.0 Å². The second kappa shape index (κ2) is 4.13. The van der Waals surface area contributed by atoms with Crippen LogP contribution >= 0.6 is 22.6 Å². The number of halogens is 1. The first kappa shape index (κ1) is 10.6. The average molecular weight is 292 g/mol. The molecule has 0 fully saturated rings. The summed E-state index contributed by atoms with van der Waals surface area (Å²) in [4.78, 5) is 11.6. The molecular formula is C9H13IN2O. The van der Waals surface area contributed by atoms with Gasteiger partial charge < -0.3 is 9.88 Å². The summed E-state index contributed by atoms with van der Waals surface area (Å²) in [5, 5.41) is 2.85. The third-order valence-electron chi connectivity index (χ3n) is 1.62. The van der Waals surface area contributed by atoms with Gasteiger partial charge in [0, 0.05) is 22.9 Å². The van der Waals surface area contributed by atoms with Crippen molar-refractivity contribution in [3.63, 3.8) is 0 Å². The number of hydrogen-bond acceptors (Lipinski definition) is 1. The van der Waals surface area contributed by atoms with Crippen LogP contribution in [0.15, 0.2) is 12.3 Å². The van der Waals surface area contributed by atoms with Crippen LogP contribution in [-0.2, 0) is 7.05 Å². The molecule has 0 bridgehead atoms. The molecule has 0 aliphatic carbocycles. The van der Waals surface area contributed by atoms with Crippen LogP contribution in [0.3, 0.4) is 0 Å². The van der Waals surface area contributed by atoms with Gasteiger partial charge in [-0.05, 0) is 42.5 Å². The van der Waals surface area contributed by atoms with Crippen LogP contribution in [0.5, 0.6) is 0 Å². The van der Waals surface area contributed by atoms with Crippen molar-refractivity contribution in [3.8, 4) is 0 Å². The van der Waals surface area contributed by atoms with E-state index in [4.69, 9.17) is 0 Å². The molecule has 0 unspecified atom stereocenters. The normalized spacial score (nSPS) is 10.5. The zero-order valence-corrected chi connectivity index (χ0v) is 10.1. The first-order chi connectivity index (χ1) is 6.00. The largest absolute Gasteiger partial charge is 0.349 e. The number of aryl methyl sites for hydroxylation is 1. The summed E-state index contributed by atoms with van der Waals surface area (Å²) in [6, 6.07) is 2.05. The molecule has 0 saturated heterocycles. The molecule has 0 spiro atoms. The van der Waals surface area contributed by atoms with E-state index < -0.39 is 0 Å². The lowest BCUT2D eigenvalue weighted by Gasteiger charge is -2.08. The molecule has 1 amide bonds. The molecule has 0 saturated carbocycles. The van der Waals surface area contributed by atoms with E-state index in [1.54, 1.807) is 0 Å². The Balaban J connectivity index is 2.82. The van der Waals surface area contributed by atoms with Crippen molar-refractivity contribution in [1.29, 1.82) is 0 Å². The summed E-state index contributed by atoms with van der Waals surface area (Å²) < 4.78 is 2.91. The Morgan fingerprint density at radius 2 is 2.23 bits per heavy atom. The Labute approximate surface area is 91.6 Å². The number of hydrogen-bond donors (Lipinski definition) is 1. The maximum Gasteiger partial charge on any atom is 0.268 e. The highest BCUT2D eigenvalue weighted by molar-refractivity contribution is 14.1. The van der Waals surface area contributed by atoms with Crippen molar-refractivity contribution in [2.45, 2.75) is 19.9 Å². The minimum absolute atomic E-state index is 0.0135. The lowest BCUT2D eigenvalue weighted by atomic mass is 10.3. The van der Waals surface area contributed by atoms with Gasteiger partial charge in [0.05, 0.1) is 0 Å². The number of aromatic nitrogens is 1. The molecule has 1 rings (SSSR count). The summed E-state index contributed by atoms with van der Waals surface area (Å²) in [6.45, 7) is 3.90. The van der Waals surface area contributed by atoms with Crippen LogP contribution < -0.4 is 5.32 Å². The molecule has 72 valence electrons. The lowest BCUT2D eigenvalue weighted by Crippen LogP contribution is -2.31. The van der Waals surface area contributed by atoms with Gasteiger partial charge in [-0.1, -0.05) is 0 Å². The summed E-state index contributed by atoms with van der Waals surface area (Å²) >= 11 is 2.19. The van der Waals surface area contributed by atoms with Crippen molar-refractivity contribution in [2.75, 3.05) is 0 Å². The summed E-state index contributed by atoms with van der Waals surface area (Å²) in [5.41, 5.74) is 0.707. The van der Waals surface area contributed by atoms with E-state index in [2.05, 4.69) is 27.9 Å². The molecule has 0 radical (unpaired) electrons. The fraction of sp³-hybridized carbons (Fsp3) is 0.444. The van der Waals surface area contributed by atoms with E-state index >= 15 is 0 Å². The molecular weight excluding hydrogens is 279 g/mol. The lowest BCUT2D eigenvalue weighted by molar-refractivity contribution is 0.0935. The van der Waals surface area contributed by atoms with Gasteiger partial charge in [-0.3, -0.25) is 4.79 Å². The van der Waals surface area contributed by atoms with E-state index in [9.17, 15) is 4.79 Å². The van der Waals surface area contributed by atoms with Gasteiger partial charge in [0.1, 0.15) is 5.69 Å².